The van der Waals surface area contributed by atoms with E-state index in [2.05, 4.69) is 29.1 Å². The summed E-state index contributed by atoms with van der Waals surface area (Å²) in [5.41, 5.74) is 1.21. The number of nitrogens with zero attached hydrogens (tertiary/aromatic N) is 2. The summed E-state index contributed by atoms with van der Waals surface area (Å²) in [6.07, 6.45) is 1.10. The van der Waals surface area contributed by atoms with Crippen LogP contribution in [0.1, 0.15) is 24.0 Å². The minimum absolute atomic E-state index is 0.360. The summed E-state index contributed by atoms with van der Waals surface area (Å²) in [6.45, 7) is 7.48. The molecule has 0 bridgehead atoms. The third-order valence-electron chi connectivity index (χ3n) is 2.94. The molecule has 1 aliphatic heterocycles. The summed E-state index contributed by atoms with van der Waals surface area (Å²) < 4.78 is 0. The SMILES string of the molecule is Cc1nc(CN2CCC(Cl)C(C)C2)cs1. The second-order valence-corrected chi connectivity index (χ2v) is 6.00. The molecule has 0 amide bonds. The van der Waals surface area contributed by atoms with Gasteiger partial charge in [-0.1, -0.05) is 6.92 Å². The number of halogens is 1. The van der Waals surface area contributed by atoms with E-state index in [1.165, 1.54) is 5.69 Å². The summed E-state index contributed by atoms with van der Waals surface area (Å²) in [6, 6.07) is 0. The van der Waals surface area contributed by atoms with Crippen LogP contribution >= 0.6 is 22.9 Å². The molecule has 0 saturated carbocycles. The molecular formula is C11H17ClN2S. The van der Waals surface area contributed by atoms with Crippen LogP contribution < -0.4 is 0 Å². The molecule has 2 unspecified atom stereocenters. The highest BCUT2D eigenvalue weighted by atomic mass is 35.5. The van der Waals surface area contributed by atoms with Crippen molar-refractivity contribution in [3.05, 3.63) is 16.1 Å². The van der Waals surface area contributed by atoms with Crippen molar-refractivity contribution in [3.8, 4) is 0 Å². The lowest BCUT2D eigenvalue weighted by Crippen LogP contribution is -2.39. The van der Waals surface area contributed by atoms with Gasteiger partial charge in [-0.05, 0) is 25.8 Å². The number of thiazole rings is 1. The van der Waals surface area contributed by atoms with E-state index in [1.807, 2.05) is 0 Å². The van der Waals surface area contributed by atoms with Gasteiger partial charge in [-0.2, -0.15) is 0 Å². The Kier molecular flexibility index (Phi) is 3.65. The van der Waals surface area contributed by atoms with Crippen molar-refractivity contribution < 1.29 is 0 Å². The Morgan fingerprint density at radius 1 is 1.67 bits per heavy atom. The first-order valence-corrected chi connectivity index (χ1v) is 6.74. The van der Waals surface area contributed by atoms with Gasteiger partial charge in [0, 0.05) is 23.8 Å². The number of aromatic nitrogens is 1. The zero-order valence-electron chi connectivity index (χ0n) is 9.24. The van der Waals surface area contributed by atoms with E-state index in [1.54, 1.807) is 11.3 Å². The van der Waals surface area contributed by atoms with Gasteiger partial charge in [0.05, 0.1) is 10.7 Å². The maximum atomic E-state index is 6.20. The van der Waals surface area contributed by atoms with E-state index in [-0.39, 0.29) is 0 Å². The number of alkyl halides is 1. The van der Waals surface area contributed by atoms with Crippen molar-refractivity contribution in [2.24, 2.45) is 5.92 Å². The summed E-state index contributed by atoms with van der Waals surface area (Å²) in [4.78, 5) is 6.95. The molecule has 1 aromatic rings. The Morgan fingerprint density at radius 3 is 3.07 bits per heavy atom. The number of likely N-dealkylation sites (tertiary alicyclic amines) is 1. The molecule has 2 nitrogen and oxygen atoms in total. The molecule has 1 aromatic heterocycles. The van der Waals surface area contributed by atoms with Gasteiger partial charge in [-0.15, -0.1) is 22.9 Å². The molecule has 1 aliphatic rings. The fourth-order valence-corrected chi connectivity index (χ4v) is 2.84. The van der Waals surface area contributed by atoms with Gasteiger partial charge in [-0.25, -0.2) is 4.98 Å². The third kappa shape index (κ3) is 2.92. The monoisotopic (exact) mass is 244 g/mol. The zero-order valence-corrected chi connectivity index (χ0v) is 10.8. The fraction of sp³-hybridized carbons (Fsp3) is 0.727. The first-order chi connectivity index (χ1) is 7.15. The number of aryl methyl sites for hydroxylation is 1. The van der Waals surface area contributed by atoms with Crippen molar-refractivity contribution in [3.63, 3.8) is 0 Å². The van der Waals surface area contributed by atoms with E-state index in [0.717, 1.165) is 31.1 Å². The first kappa shape index (κ1) is 11.4. The highest BCUT2D eigenvalue weighted by Gasteiger charge is 2.24. The van der Waals surface area contributed by atoms with Gasteiger partial charge >= 0.3 is 0 Å². The van der Waals surface area contributed by atoms with Crippen molar-refractivity contribution in [2.75, 3.05) is 13.1 Å². The van der Waals surface area contributed by atoms with E-state index < -0.39 is 0 Å². The number of piperidine rings is 1. The lowest BCUT2D eigenvalue weighted by atomic mass is 9.99. The largest absolute Gasteiger partial charge is 0.297 e. The Bertz CT molecular complexity index is 326. The van der Waals surface area contributed by atoms with Crippen LogP contribution in [0.25, 0.3) is 0 Å². The van der Waals surface area contributed by atoms with Crippen LogP contribution in [0.5, 0.6) is 0 Å². The van der Waals surface area contributed by atoms with Crippen LogP contribution in [0.15, 0.2) is 5.38 Å². The Hall–Kier alpha value is -0.120. The molecule has 15 heavy (non-hydrogen) atoms. The van der Waals surface area contributed by atoms with Crippen molar-refractivity contribution in [2.45, 2.75) is 32.2 Å². The highest BCUT2D eigenvalue weighted by Crippen LogP contribution is 2.23. The molecule has 2 atom stereocenters. The Balaban J connectivity index is 1.90. The first-order valence-electron chi connectivity index (χ1n) is 5.42. The quantitative estimate of drug-likeness (QED) is 0.744. The normalized spacial score (nSPS) is 28.2. The van der Waals surface area contributed by atoms with Crippen LogP contribution in [-0.4, -0.2) is 28.4 Å². The number of rotatable bonds is 2. The molecule has 4 heteroatoms. The molecule has 0 spiro atoms. The van der Waals surface area contributed by atoms with E-state index in [4.69, 9.17) is 11.6 Å². The minimum atomic E-state index is 0.360. The average Bonchev–Trinajstić information content (AvgIpc) is 2.58. The predicted molar refractivity (Wildman–Crippen MR) is 65.6 cm³/mol. The Labute approximate surface area is 100 Å². The topological polar surface area (TPSA) is 16.1 Å². The van der Waals surface area contributed by atoms with Crippen LogP contribution in [-0.2, 0) is 6.54 Å². The molecule has 0 aliphatic carbocycles. The van der Waals surface area contributed by atoms with Gasteiger partial charge in [-0.3, -0.25) is 4.90 Å². The second kappa shape index (κ2) is 4.81. The Morgan fingerprint density at radius 2 is 2.47 bits per heavy atom. The van der Waals surface area contributed by atoms with Gasteiger partial charge in [0.2, 0.25) is 0 Å². The van der Waals surface area contributed by atoms with Gasteiger partial charge in [0.15, 0.2) is 0 Å². The van der Waals surface area contributed by atoms with Crippen LogP contribution in [0.3, 0.4) is 0 Å². The summed E-state index contributed by atoms with van der Waals surface area (Å²) in [7, 11) is 0. The third-order valence-corrected chi connectivity index (χ3v) is 4.41. The summed E-state index contributed by atoms with van der Waals surface area (Å²) in [5, 5.41) is 3.68. The summed E-state index contributed by atoms with van der Waals surface area (Å²) >= 11 is 7.93. The average molecular weight is 245 g/mol. The van der Waals surface area contributed by atoms with Crippen LogP contribution in [0, 0.1) is 12.8 Å². The minimum Gasteiger partial charge on any atom is -0.297 e. The van der Waals surface area contributed by atoms with Crippen LogP contribution in [0.2, 0.25) is 0 Å². The lowest BCUT2D eigenvalue weighted by Gasteiger charge is -2.33. The molecule has 84 valence electrons. The number of hydrogen-bond donors (Lipinski definition) is 0. The molecule has 2 rings (SSSR count). The maximum absolute atomic E-state index is 6.20. The van der Waals surface area contributed by atoms with Gasteiger partial charge in [0.1, 0.15) is 0 Å². The smallest absolute Gasteiger partial charge is 0.0897 e. The van der Waals surface area contributed by atoms with E-state index in [0.29, 0.717) is 11.3 Å². The zero-order chi connectivity index (χ0) is 10.8. The molecule has 1 fully saturated rings. The van der Waals surface area contributed by atoms with Crippen molar-refractivity contribution in [1.29, 1.82) is 0 Å². The standard InChI is InChI=1S/C11H17ClN2S/c1-8-5-14(4-3-11(8)12)6-10-7-15-9(2)13-10/h7-8,11H,3-6H2,1-2H3. The second-order valence-electron chi connectivity index (χ2n) is 4.37. The van der Waals surface area contributed by atoms with Crippen molar-refractivity contribution in [1.82, 2.24) is 9.88 Å². The molecule has 0 aromatic carbocycles. The maximum Gasteiger partial charge on any atom is 0.0897 e. The van der Waals surface area contributed by atoms with Gasteiger partial charge < -0.3 is 0 Å². The molecule has 0 N–H and O–H groups in total. The molecule has 2 heterocycles. The fourth-order valence-electron chi connectivity index (χ4n) is 2.06. The van der Waals surface area contributed by atoms with Gasteiger partial charge in [0.25, 0.3) is 0 Å². The predicted octanol–water partition coefficient (Wildman–Crippen LogP) is 2.90. The molecular weight excluding hydrogens is 228 g/mol. The van der Waals surface area contributed by atoms with E-state index in [9.17, 15) is 0 Å². The number of hydrogen-bond acceptors (Lipinski definition) is 3. The molecule has 0 radical (unpaired) electrons. The molecule has 1 saturated heterocycles. The summed E-state index contributed by atoms with van der Waals surface area (Å²) in [5.74, 6) is 0.597. The van der Waals surface area contributed by atoms with Crippen LogP contribution in [0.4, 0.5) is 0 Å². The van der Waals surface area contributed by atoms with Crippen molar-refractivity contribution >= 4 is 22.9 Å². The van der Waals surface area contributed by atoms with E-state index >= 15 is 0 Å². The highest BCUT2D eigenvalue weighted by molar-refractivity contribution is 7.09. The lowest BCUT2D eigenvalue weighted by molar-refractivity contribution is 0.178.